The summed E-state index contributed by atoms with van der Waals surface area (Å²) in [5.74, 6) is -1.71. The molecule has 2 N–H and O–H groups in total. The molecule has 0 saturated heterocycles. The van der Waals surface area contributed by atoms with Gasteiger partial charge in [-0.05, 0) is 36.4 Å². The van der Waals surface area contributed by atoms with Crippen LogP contribution < -0.4 is 10.6 Å². The molecule has 30 heavy (non-hydrogen) atoms. The summed E-state index contributed by atoms with van der Waals surface area (Å²) in [6, 6.07) is 19.7. The standard InChI is InChI=1S/C22H16Cl2N2O4/c23-16-10-6-12-18(20(16)24)25-19(27)13-30-22(29)15-9-4-5-11-17(15)26-21(28)14-7-2-1-3-8-14/h1-12H,13H2,(H,25,27)(H,26,28). The van der Waals surface area contributed by atoms with E-state index in [4.69, 9.17) is 27.9 Å². The van der Waals surface area contributed by atoms with E-state index in [1.54, 1.807) is 66.7 Å². The van der Waals surface area contributed by atoms with Crippen LogP contribution in [0.5, 0.6) is 0 Å². The smallest absolute Gasteiger partial charge is 0.340 e. The maximum atomic E-state index is 12.5. The third-order valence-corrected chi connectivity index (χ3v) is 4.81. The zero-order valence-corrected chi connectivity index (χ0v) is 17.0. The van der Waals surface area contributed by atoms with Crippen LogP contribution >= 0.6 is 23.2 Å². The third kappa shape index (κ3) is 5.37. The number of rotatable bonds is 6. The molecule has 0 atom stereocenters. The Bertz CT molecular complexity index is 1090. The first-order valence-electron chi connectivity index (χ1n) is 8.82. The van der Waals surface area contributed by atoms with Gasteiger partial charge < -0.3 is 15.4 Å². The Labute approximate surface area is 182 Å². The summed E-state index contributed by atoms with van der Waals surface area (Å²) in [5.41, 5.74) is 1.14. The molecule has 0 radical (unpaired) electrons. The van der Waals surface area contributed by atoms with Crippen molar-refractivity contribution in [3.05, 3.63) is 94.0 Å². The van der Waals surface area contributed by atoms with Gasteiger partial charge in [0, 0.05) is 5.56 Å². The van der Waals surface area contributed by atoms with Crippen molar-refractivity contribution in [1.29, 1.82) is 0 Å². The first kappa shape index (κ1) is 21.4. The number of benzene rings is 3. The van der Waals surface area contributed by atoms with Crippen molar-refractivity contribution in [2.24, 2.45) is 0 Å². The summed E-state index contributed by atoms with van der Waals surface area (Å²) in [6.07, 6.45) is 0. The fraction of sp³-hybridized carbons (Fsp3) is 0.0455. The lowest BCUT2D eigenvalue weighted by Gasteiger charge is -2.12. The SMILES string of the molecule is O=C(COC(=O)c1ccccc1NC(=O)c1ccccc1)Nc1cccc(Cl)c1Cl. The third-order valence-electron chi connectivity index (χ3n) is 3.99. The highest BCUT2D eigenvalue weighted by Gasteiger charge is 2.17. The van der Waals surface area contributed by atoms with Crippen LogP contribution in [0.25, 0.3) is 0 Å². The van der Waals surface area contributed by atoms with Gasteiger partial charge in [0.25, 0.3) is 11.8 Å². The van der Waals surface area contributed by atoms with Gasteiger partial charge in [0.2, 0.25) is 0 Å². The van der Waals surface area contributed by atoms with Crippen molar-refractivity contribution < 1.29 is 19.1 Å². The van der Waals surface area contributed by atoms with Crippen molar-refractivity contribution in [2.45, 2.75) is 0 Å². The second-order valence-corrected chi connectivity index (χ2v) is 6.88. The number of hydrogen-bond donors (Lipinski definition) is 2. The Balaban J connectivity index is 1.64. The lowest BCUT2D eigenvalue weighted by Crippen LogP contribution is -2.22. The van der Waals surface area contributed by atoms with Gasteiger partial charge in [-0.2, -0.15) is 0 Å². The van der Waals surface area contributed by atoms with Crippen LogP contribution in [0.2, 0.25) is 10.0 Å². The maximum Gasteiger partial charge on any atom is 0.340 e. The molecule has 0 saturated carbocycles. The van der Waals surface area contributed by atoms with Crippen molar-refractivity contribution in [3.8, 4) is 0 Å². The summed E-state index contributed by atoms with van der Waals surface area (Å²) >= 11 is 11.9. The zero-order valence-electron chi connectivity index (χ0n) is 15.5. The summed E-state index contributed by atoms with van der Waals surface area (Å²) in [4.78, 5) is 36.9. The molecule has 8 heteroatoms. The predicted molar refractivity (Wildman–Crippen MR) is 116 cm³/mol. The molecule has 3 aromatic rings. The van der Waals surface area contributed by atoms with Crippen molar-refractivity contribution >= 4 is 52.4 Å². The van der Waals surface area contributed by atoms with E-state index in [2.05, 4.69) is 10.6 Å². The molecule has 3 aromatic carbocycles. The van der Waals surface area contributed by atoms with Crippen LogP contribution in [-0.4, -0.2) is 24.4 Å². The Morgan fingerprint density at radius 3 is 2.20 bits per heavy atom. The molecule has 0 unspecified atom stereocenters. The molecular formula is C22H16Cl2N2O4. The minimum atomic E-state index is -0.758. The first-order valence-corrected chi connectivity index (χ1v) is 9.57. The summed E-state index contributed by atoms with van der Waals surface area (Å²) in [5, 5.41) is 5.67. The number of esters is 1. The molecule has 0 bridgehead atoms. The first-order chi connectivity index (χ1) is 14.5. The van der Waals surface area contributed by atoms with Gasteiger partial charge in [-0.1, -0.05) is 59.6 Å². The lowest BCUT2D eigenvalue weighted by molar-refractivity contribution is -0.119. The molecule has 2 amide bonds. The predicted octanol–water partition coefficient (Wildman–Crippen LogP) is 5.04. The Morgan fingerprint density at radius 1 is 0.767 bits per heavy atom. The molecule has 3 rings (SSSR count). The highest BCUT2D eigenvalue weighted by atomic mass is 35.5. The van der Waals surface area contributed by atoms with Crippen molar-refractivity contribution in [1.82, 2.24) is 0 Å². The highest BCUT2D eigenvalue weighted by molar-refractivity contribution is 6.44. The van der Waals surface area contributed by atoms with E-state index in [0.29, 0.717) is 11.3 Å². The number of amides is 2. The van der Waals surface area contributed by atoms with E-state index >= 15 is 0 Å². The second kappa shape index (κ2) is 9.91. The summed E-state index contributed by atoms with van der Waals surface area (Å²) in [6.45, 7) is -0.539. The minimum absolute atomic E-state index is 0.121. The number of carbonyl (C=O) groups excluding carboxylic acids is 3. The molecule has 0 heterocycles. The van der Waals surface area contributed by atoms with E-state index < -0.39 is 18.5 Å². The summed E-state index contributed by atoms with van der Waals surface area (Å²) in [7, 11) is 0. The van der Waals surface area contributed by atoms with E-state index in [0.717, 1.165) is 0 Å². The van der Waals surface area contributed by atoms with Crippen LogP contribution in [0.15, 0.2) is 72.8 Å². The largest absolute Gasteiger partial charge is 0.452 e. The molecular weight excluding hydrogens is 427 g/mol. The van der Waals surface area contributed by atoms with Gasteiger partial charge in [-0.3, -0.25) is 9.59 Å². The zero-order chi connectivity index (χ0) is 21.5. The molecule has 0 aliphatic rings. The van der Waals surface area contributed by atoms with Crippen LogP contribution in [0, 0.1) is 0 Å². The van der Waals surface area contributed by atoms with Gasteiger partial charge >= 0.3 is 5.97 Å². The quantitative estimate of drug-likeness (QED) is 0.523. The van der Waals surface area contributed by atoms with Crippen LogP contribution in [-0.2, 0) is 9.53 Å². The number of para-hydroxylation sites is 1. The Morgan fingerprint density at radius 2 is 1.43 bits per heavy atom. The monoisotopic (exact) mass is 442 g/mol. The number of hydrogen-bond acceptors (Lipinski definition) is 4. The van der Waals surface area contributed by atoms with Crippen molar-refractivity contribution in [2.75, 3.05) is 17.2 Å². The van der Waals surface area contributed by atoms with Gasteiger partial charge in [-0.25, -0.2) is 4.79 Å². The van der Waals surface area contributed by atoms with Crippen LogP contribution in [0.3, 0.4) is 0 Å². The second-order valence-electron chi connectivity index (χ2n) is 6.09. The molecule has 152 valence electrons. The normalized spacial score (nSPS) is 10.2. The number of nitrogens with one attached hydrogen (secondary N) is 2. The molecule has 0 spiro atoms. The van der Waals surface area contributed by atoms with E-state index in [1.807, 2.05) is 0 Å². The van der Waals surface area contributed by atoms with Crippen LogP contribution in [0.1, 0.15) is 20.7 Å². The van der Waals surface area contributed by atoms with E-state index in [9.17, 15) is 14.4 Å². The number of carbonyl (C=O) groups is 3. The highest BCUT2D eigenvalue weighted by Crippen LogP contribution is 2.29. The topological polar surface area (TPSA) is 84.5 Å². The van der Waals surface area contributed by atoms with Crippen LogP contribution in [0.4, 0.5) is 11.4 Å². The van der Waals surface area contributed by atoms with Gasteiger partial charge in [-0.15, -0.1) is 0 Å². The molecule has 0 aromatic heterocycles. The minimum Gasteiger partial charge on any atom is -0.452 e. The Hall–Kier alpha value is -3.35. The van der Waals surface area contributed by atoms with Gasteiger partial charge in [0.1, 0.15) is 0 Å². The molecule has 0 aliphatic carbocycles. The molecule has 6 nitrogen and oxygen atoms in total. The summed E-state index contributed by atoms with van der Waals surface area (Å²) < 4.78 is 5.08. The fourth-order valence-corrected chi connectivity index (χ4v) is 2.90. The van der Waals surface area contributed by atoms with E-state index in [1.165, 1.54) is 6.07 Å². The van der Waals surface area contributed by atoms with Gasteiger partial charge in [0.15, 0.2) is 6.61 Å². The average Bonchev–Trinajstić information content (AvgIpc) is 2.76. The Kier molecular flexibility index (Phi) is 7.06. The molecule has 0 fully saturated rings. The van der Waals surface area contributed by atoms with Gasteiger partial charge in [0.05, 0.1) is 27.0 Å². The number of anilines is 2. The van der Waals surface area contributed by atoms with Crippen molar-refractivity contribution in [3.63, 3.8) is 0 Å². The van der Waals surface area contributed by atoms with E-state index in [-0.39, 0.29) is 27.2 Å². The number of ether oxygens (including phenoxy) is 1. The molecule has 0 aliphatic heterocycles. The average molecular weight is 443 g/mol. The maximum absolute atomic E-state index is 12.5. The lowest BCUT2D eigenvalue weighted by atomic mass is 10.1. The fourth-order valence-electron chi connectivity index (χ4n) is 2.55. The number of halogens is 2.